The molecule has 0 fully saturated rings. The topological polar surface area (TPSA) is 78.8 Å². The van der Waals surface area contributed by atoms with Crippen molar-refractivity contribution in [1.29, 1.82) is 0 Å². The Morgan fingerprint density at radius 3 is 1.40 bits per heavy atom. The molecule has 0 rings (SSSR count). The van der Waals surface area contributed by atoms with Crippen molar-refractivity contribution in [2.75, 3.05) is 6.61 Å². The Balaban J connectivity index is 0. The third-order valence-electron chi connectivity index (χ3n) is 3.67. The Morgan fingerprint density at radius 2 is 1.12 bits per heavy atom. The molecular formula is C19H44NO4P. The molecule has 6 heteroatoms. The van der Waals surface area contributed by atoms with Crippen LogP contribution < -0.4 is 5.32 Å². The van der Waals surface area contributed by atoms with Gasteiger partial charge in [-0.15, -0.1) is 0 Å². The maximum Gasteiger partial charge on any atom is 0.469 e. The van der Waals surface area contributed by atoms with Crippen LogP contribution in [0.25, 0.3) is 0 Å². The van der Waals surface area contributed by atoms with E-state index in [1.54, 1.807) is 0 Å². The van der Waals surface area contributed by atoms with Crippen LogP contribution in [0.5, 0.6) is 0 Å². The standard InChI is InChI=1S/C13H29O4P.C6H15N/c1-2-3-4-5-6-7-8-9-10-11-12-13-17-18(14,15)16;1-5(2)7-6(3)4/h2-13H2,1H3,(H2,14,15,16);5-7H,1-4H3. The summed E-state index contributed by atoms with van der Waals surface area (Å²) >= 11 is 0. The van der Waals surface area contributed by atoms with Gasteiger partial charge in [0.05, 0.1) is 6.61 Å². The molecule has 0 aliphatic carbocycles. The molecule has 0 bridgehead atoms. The molecule has 0 aliphatic rings. The van der Waals surface area contributed by atoms with Crippen LogP contribution in [0.1, 0.15) is 105 Å². The van der Waals surface area contributed by atoms with E-state index in [1.165, 1.54) is 51.4 Å². The quantitative estimate of drug-likeness (QED) is 0.247. The first-order chi connectivity index (χ1) is 11.7. The van der Waals surface area contributed by atoms with Crippen LogP contribution in [-0.2, 0) is 9.09 Å². The summed E-state index contributed by atoms with van der Waals surface area (Å²) in [5.41, 5.74) is 0. The smallest absolute Gasteiger partial charge is 0.312 e. The minimum absolute atomic E-state index is 0.168. The largest absolute Gasteiger partial charge is 0.469 e. The third kappa shape index (κ3) is 32.2. The lowest BCUT2D eigenvalue weighted by molar-refractivity contribution is 0.193. The third-order valence-corrected chi connectivity index (χ3v) is 4.19. The van der Waals surface area contributed by atoms with Gasteiger partial charge >= 0.3 is 7.82 Å². The van der Waals surface area contributed by atoms with Crippen molar-refractivity contribution in [3.8, 4) is 0 Å². The molecule has 0 aliphatic heterocycles. The molecule has 0 atom stereocenters. The molecule has 5 nitrogen and oxygen atoms in total. The molecule has 0 aromatic carbocycles. The summed E-state index contributed by atoms with van der Waals surface area (Å²) in [6.45, 7) is 11.0. The summed E-state index contributed by atoms with van der Waals surface area (Å²) in [5.74, 6) is 0. The lowest BCUT2D eigenvalue weighted by Crippen LogP contribution is -2.29. The van der Waals surface area contributed by atoms with Gasteiger partial charge in [-0.1, -0.05) is 98.8 Å². The monoisotopic (exact) mass is 381 g/mol. The van der Waals surface area contributed by atoms with Crippen molar-refractivity contribution in [2.24, 2.45) is 0 Å². The Bertz CT molecular complexity index is 300. The summed E-state index contributed by atoms with van der Waals surface area (Å²) in [6.07, 6.45) is 13.5. The molecule has 0 aromatic heterocycles. The lowest BCUT2D eigenvalue weighted by Gasteiger charge is -2.10. The number of nitrogens with one attached hydrogen (secondary N) is 1. The van der Waals surface area contributed by atoms with E-state index in [1.807, 2.05) is 0 Å². The molecule has 0 saturated carbocycles. The summed E-state index contributed by atoms with van der Waals surface area (Å²) in [4.78, 5) is 16.9. The summed E-state index contributed by atoms with van der Waals surface area (Å²) in [5, 5.41) is 3.31. The van der Waals surface area contributed by atoms with E-state index in [9.17, 15) is 4.57 Å². The Morgan fingerprint density at radius 1 is 0.760 bits per heavy atom. The van der Waals surface area contributed by atoms with Crippen LogP contribution in [0.3, 0.4) is 0 Å². The average molecular weight is 382 g/mol. The van der Waals surface area contributed by atoms with Crippen molar-refractivity contribution in [2.45, 2.75) is 117 Å². The summed E-state index contributed by atoms with van der Waals surface area (Å²) in [7, 11) is -4.25. The zero-order valence-electron chi connectivity index (χ0n) is 17.3. The number of hydrogen-bond donors (Lipinski definition) is 3. The number of phosphoric ester groups is 1. The molecule has 0 spiro atoms. The highest BCUT2D eigenvalue weighted by atomic mass is 31.2. The first-order valence-corrected chi connectivity index (χ1v) is 11.7. The van der Waals surface area contributed by atoms with Gasteiger partial charge in [0.2, 0.25) is 0 Å². The van der Waals surface area contributed by atoms with Crippen LogP contribution >= 0.6 is 7.82 Å². The SMILES string of the molecule is CC(C)NC(C)C.CCCCCCCCCCCCCOP(=O)(O)O. The molecule has 0 amide bonds. The predicted octanol–water partition coefficient (Wildman–Crippen LogP) is 5.80. The Kier molecular flexibility index (Phi) is 20.6. The molecule has 25 heavy (non-hydrogen) atoms. The zero-order valence-corrected chi connectivity index (χ0v) is 18.2. The fourth-order valence-electron chi connectivity index (χ4n) is 2.62. The Labute approximate surface area is 156 Å². The van der Waals surface area contributed by atoms with Gasteiger partial charge < -0.3 is 15.1 Å². The van der Waals surface area contributed by atoms with Crippen LogP contribution in [0, 0.1) is 0 Å². The maximum absolute atomic E-state index is 10.4. The number of unbranched alkanes of at least 4 members (excludes halogenated alkanes) is 10. The predicted molar refractivity (Wildman–Crippen MR) is 108 cm³/mol. The molecule has 0 saturated heterocycles. The highest BCUT2D eigenvalue weighted by Gasteiger charge is 2.12. The summed E-state index contributed by atoms with van der Waals surface area (Å²) < 4.78 is 14.8. The van der Waals surface area contributed by atoms with Gasteiger partial charge in [-0.25, -0.2) is 4.57 Å². The lowest BCUT2D eigenvalue weighted by atomic mass is 10.1. The maximum atomic E-state index is 10.4. The molecule has 3 N–H and O–H groups in total. The molecule has 0 radical (unpaired) electrons. The number of phosphoric acid groups is 1. The average Bonchev–Trinajstić information content (AvgIpc) is 2.46. The van der Waals surface area contributed by atoms with E-state index in [-0.39, 0.29) is 6.61 Å². The van der Waals surface area contributed by atoms with Crippen molar-refractivity contribution < 1.29 is 18.9 Å². The molecule has 0 heterocycles. The highest BCUT2D eigenvalue weighted by Crippen LogP contribution is 2.35. The van der Waals surface area contributed by atoms with E-state index in [0.717, 1.165) is 19.3 Å². The fraction of sp³-hybridized carbons (Fsp3) is 1.00. The van der Waals surface area contributed by atoms with Gasteiger partial charge in [0.15, 0.2) is 0 Å². The van der Waals surface area contributed by atoms with E-state index in [0.29, 0.717) is 12.1 Å². The van der Waals surface area contributed by atoms with Crippen LogP contribution in [0.4, 0.5) is 0 Å². The van der Waals surface area contributed by atoms with Crippen molar-refractivity contribution in [3.63, 3.8) is 0 Å². The van der Waals surface area contributed by atoms with Crippen LogP contribution in [0.15, 0.2) is 0 Å². The van der Waals surface area contributed by atoms with Gasteiger partial charge in [0, 0.05) is 12.1 Å². The van der Waals surface area contributed by atoms with Crippen molar-refractivity contribution >= 4 is 7.82 Å². The second-order valence-corrected chi connectivity index (χ2v) is 8.57. The normalized spacial score (nSPS) is 11.7. The van der Waals surface area contributed by atoms with Crippen LogP contribution in [0.2, 0.25) is 0 Å². The fourth-order valence-corrected chi connectivity index (χ4v) is 2.98. The minimum Gasteiger partial charge on any atom is -0.312 e. The van der Waals surface area contributed by atoms with Gasteiger partial charge in [-0.2, -0.15) is 0 Å². The van der Waals surface area contributed by atoms with Crippen molar-refractivity contribution in [1.82, 2.24) is 5.32 Å². The van der Waals surface area contributed by atoms with Gasteiger partial charge in [-0.05, 0) is 6.42 Å². The van der Waals surface area contributed by atoms with E-state index in [4.69, 9.17) is 9.79 Å². The number of rotatable bonds is 15. The first-order valence-electron chi connectivity index (χ1n) is 10.1. The van der Waals surface area contributed by atoms with E-state index >= 15 is 0 Å². The molecular weight excluding hydrogens is 337 g/mol. The molecule has 0 aromatic rings. The summed E-state index contributed by atoms with van der Waals surface area (Å²) in [6, 6.07) is 1.25. The Hall–Kier alpha value is 0.0700. The molecule has 154 valence electrons. The van der Waals surface area contributed by atoms with Gasteiger partial charge in [0.1, 0.15) is 0 Å². The first kappa shape index (κ1) is 27.3. The highest BCUT2D eigenvalue weighted by molar-refractivity contribution is 7.46. The minimum atomic E-state index is -4.25. The van der Waals surface area contributed by atoms with Crippen molar-refractivity contribution in [3.05, 3.63) is 0 Å². The second kappa shape index (κ2) is 18.8. The van der Waals surface area contributed by atoms with Crippen LogP contribution in [-0.4, -0.2) is 28.5 Å². The van der Waals surface area contributed by atoms with Gasteiger partial charge in [-0.3, -0.25) is 4.52 Å². The number of hydrogen-bond acceptors (Lipinski definition) is 3. The van der Waals surface area contributed by atoms with Gasteiger partial charge in [0.25, 0.3) is 0 Å². The van der Waals surface area contributed by atoms with E-state index in [2.05, 4.69) is 44.5 Å². The zero-order chi connectivity index (χ0) is 19.6. The molecule has 0 unspecified atom stereocenters. The second-order valence-electron chi connectivity index (χ2n) is 7.34. The van der Waals surface area contributed by atoms with E-state index < -0.39 is 7.82 Å².